The first-order chi connectivity index (χ1) is 13.7. The van der Waals surface area contributed by atoms with Crippen molar-refractivity contribution in [3.8, 4) is 5.69 Å². The Morgan fingerprint density at radius 1 is 1.04 bits per heavy atom. The number of hydrogen-bond donors (Lipinski definition) is 1. The number of nitrogens with zero attached hydrogens (tertiary/aromatic N) is 4. The van der Waals surface area contributed by atoms with E-state index < -0.39 is 0 Å². The zero-order chi connectivity index (χ0) is 19.1. The summed E-state index contributed by atoms with van der Waals surface area (Å²) in [5, 5.41) is 11.3. The van der Waals surface area contributed by atoms with Crippen molar-refractivity contribution in [3.05, 3.63) is 77.9 Å². The summed E-state index contributed by atoms with van der Waals surface area (Å²) in [6.07, 6.45) is 3.27. The Hall–Kier alpha value is -2.99. The molecule has 0 aliphatic carbocycles. The molecule has 1 aromatic heterocycles. The number of carbonyl (C=O) groups excluding carboxylic acids is 1. The lowest BCUT2D eigenvalue weighted by Crippen LogP contribution is -2.35. The van der Waals surface area contributed by atoms with Crippen molar-refractivity contribution in [2.45, 2.75) is 13.0 Å². The van der Waals surface area contributed by atoms with Crippen LogP contribution in [0, 0.1) is 18.8 Å². The molecule has 3 atom stereocenters. The maximum Gasteiger partial charge on any atom is 0.256 e. The van der Waals surface area contributed by atoms with Crippen LogP contribution in [0.4, 0.5) is 0 Å². The Bertz CT molecular complexity index is 1000. The standard InChI is InChI=1S/C22H23N5O/c1-15-6-2-3-7-17(15)21-19-11-23-10-16(19)12-27(21)22(28)18-8-4-5-9-20(18)26-13-24-25-14-26/h2-9,13-14,16,19,21,23H,10-12H2,1H3/t16-,19-,21-/m0/s1. The zero-order valence-electron chi connectivity index (χ0n) is 15.8. The first-order valence-corrected chi connectivity index (χ1v) is 9.75. The minimum Gasteiger partial charge on any atom is -0.331 e. The van der Waals surface area contributed by atoms with Crippen molar-refractivity contribution >= 4 is 5.91 Å². The summed E-state index contributed by atoms with van der Waals surface area (Å²) < 4.78 is 1.80. The monoisotopic (exact) mass is 373 g/mol. The summed E-state index contributed by atoms with van der Waals surface area (Å²) in [4.78, 5) is 15.8. The van der Waals surface area contributed by atoms with Crippen LogP contribution < -0.4 is 5.32 Å². The van der Waals surface area contributed by atoms with Crippen LogP contribution in [0.3, 0.4) is 0 Å². The largest absolute Gasteiger partial charge is 0.331 e. The van der Waals surface area contributed by atoms with Crippen molar-refractivity contribution in [2.24, 2.45) is 11.8 Å². The number of nitrogens with one attached hydrogen (secondary N) is 1. The molecule has 0 bridgehead atoms. The quantitative estimate of drug-likeness (QED) is 0.767. The molecular weight excluding hydrogens is 350 g/mol. The van der Waals surface area contributed by atoms with E-state index in [0.29, 0.717) is 17.4 Å². The molecule has 0 radical (unpaired) electrons. The van der Waals surface area contributed by atoms with Crippen LogP contribution in [0.25, 0.3) is 5.69 Å². The first-order valence-electron chi connectivity index (χ1n) is 9.75. The van der Waals surface area contributed by atoms with E-state index in [0.717, 1.165) is 25.3 Å². The molecule has 6 nitrogen and oxygen atoms in total. The number of rotatable bonds is 3. The van der Waals surface area contributed by atoms with Crippen molar-refractivity contribution in [1.82, 2.24) is 25.0 Å². The lowest BCUT2D eigenvalue weighted by molar-refractivity contribution is 0.0713. The van der Waals surface area contributed by atoms with E-state index in [2.05, 4.69) is 51.6 Å². The molecule has 2 aromatic carbocycles. The number of para-hydroxylation sites is 1. The molecule has 3 aromatic rings. The SMILES string of the molecule is Cc1ccccc1[C@H]1[C@H]2CNC[C@H]2CN1C(=O)c1ccccc1-n1cnnc1. The summed E-state index contributed by atoms with van der Waals surface area (Å²) >= 11 is 0. The van der Waals surface area contributed by atoms with Crippen molar-refractivity contribution in [1.29, 1.82) is 0 Å². The topological polar surface area (TPSA) is 63.1 Å². The average molecular weight is 373 g/mol. The Kier molecular flexibility index (Phi) is 4.20. The van der Waals surface area contributed by atoms with Gasteiger partial charge in [-0.15, -0.1) is 10.2 Å². The molecule has 28 heavy (non-hydrogen) atoms. The van der Waals surface area contributed by atoms with Gasteiger partial charge in [0.2, 0.25) is 0 Å². The van der Waals surface area contributed by atoms with E-state index in [1.165, 1.54) is 11.1 Å². The third-order valence-electron chi connectivity index (χ3n) is 6.16. The van der Waals surface area contributed by atoms with Gasteiger partial charge < -0.3 is 10.2 Å². The number of benzene rings is 2. The van der Waals surface area contributed by atoms with Gasteiger partial charge in [0, 0.05) is 25.6 Å². The number of hydrogen-bond acceptors (Lipinski definition) is 4. The highest BCUT2D eigenvalue weighted by Crippen LogP contribution is 2.44. The van der Waals surface area contributed by atoms with E-state index >= 15 is 0 Å². The molecule has 6 heteroatoms. The molecule has 5 rings (SSSR count). The number of aryl methyl sites for hydroxylation is 1. The predicted octanol–water partition coefficient (Wildman–Crippen LogP) is 2.61. The lowest BCUT2D eigenvalue weighted by atomic mass is 9.87. The number of likely N-dealkylation sites (tertiary alicyclic amines) is 1. The van der Waals surface area contributed by atoms with Gasteiger partial charge in [-0.2, -0.15) is 0 Å². The van der Waals surface area contributed by atoms with E-state index in [9.17, 15) is 4.79 Å². The number of carbonyl (C=O) groups is 1. The van der Waals surface area contributed by atoms with Crippen LogP contribution in [0.2, 0.25) is 0 Å². The van der Waals surface area contributed by atoms with Gasteiger partial charge in [-0.3, -0.25) is 9.36 Å². The highest BCUT2D eigenvalue weighted by molar-refractivity contribution is 5.98. The van der Waals surface area contributed by atoms with Gasteiger partial charge in [-0.1, -0.05) is 36.4 Å². The van der Waals surface area contributed by atoms with Crippen molar-refractivity contribution in [2.75, 3.05) is 19.6 Å². The van der Waals surface area contributed by atoms with Gasteiger partial charge in [0.05, 0.1) is 17.3 Å². The number of fused-ring (bicyclic) bond motifs is 1. The minimum absolute atomic E-state index is 0.0759. The average Bonchev–Trinajstić information content (AvgIpc) is 3.45. The van der Waals surface area contributed by atoms with Gasteiger partial charge in [-0.25, -0.2) is 0 Å². The highest BCUT2D eigenvalue weighted by Gasteiger charge is 2.47. The van der Waals surface area contributed by atoms with Gasteiger partial charge in [0.25, 0.3) is 5.91 Å². The fourth-order valence-corrected chi connectivity index (χ4v) is 4.81. The summed E-state index contributed by atoms with van der Waals surface area (Å²) in [6, 6.07) is 16.2. The second-order valence-electron chi connectivity index (χ2n) is 7.73. The molecule has 1 N–H and O–H groups in total. The zero-order valence-corrected chi connectivity index (χ0v) is 15.8. The Morgan fingerprint density at radius 3 is 2.61 bits per heavy atom. The fraction of sp³-hybridized carbons (Fsp3) is 0.318. The Labute approximate surface area is 164 Å². The maximum absolute atomic E-state index is 13.7. The molecule has 0 unspecified atom stereocenters. The highest BCUT2D eigenvalue weighted by atomic mass is 16.2. The number of amides is 1. The number of aromatic nitrogens is 3. The molecule has 0 saturated carbocycles. The van der Waals surface area contributed by atoms with Crippen LogP contribution in [0.15, 0.2) is 61.2 Å². The second-order valence-corrected chi connectivity index (χ2v) is 7.73. The maximum atomic E-state index is 13.7. The fourth-order valence-electron chi connectivity index (χ4n) is 4.81. The van der Waals surface area contributed by atoms with Gasteiger partial charge in [0.1, 0.15) is 12.7 Å². The van der Waals surface area contributed by atoms with Gasteiger partial charge in [-0.05, 0) is 36.1 Å². The summed E-state index contributed by atoms with van der Waals surface area (Å²) in [5.74, 6) is 1.02. The molecule has 2 aliphatic heterocycles. The van der Waals surface area contributed by atoms with Gasteiger partial charge >= 0.3 is 0 Å². The minimum atomic E-state index is 0.0759. The third-order valence-corrected chi connectivity index (χ3v) is 6.16. The van der Waals surface area contributed by atoms with Crippen molar-refractivity contribution in [3.63, 3.8) is 0 Å². The Morgan fingerprint density at radius 2 is 1.79 bits per heavy atom. The van der Waals surface area contributed by atoms with Gasteiger partial charge in [0.15, 0.2) is 0 Å². The molecule has 2 fully saturated rings. The van der Waals surface area contributed by atoms with E-state index in [4.69, 9.17) is 0 Å². The van der Waals surface area contributed by atoms with E-state index in [1.54, 1.807) is 17.2 Å². The van der Waals surface area contributed by atoms with Crippen molar-refractivity contribution < 1.29 is 4.79 Å². The molecule has 3 heterocycles. The van der Waals surface area contributed by atoms with Crippen LogP contribution in [0.5, 0.6) is 0 Å². The summed E-state index contributed by atoms with van der Waals surface area (Å²) in [6.45, 7) is 4.86. The van der Waals surface area contributed by atoms with Crippen LogP contribution in [-0.2, 0) is 0 Å². The summed E-state index contributed by atoms with van der Waals surface area (Å²) in [7, 11) is 0. The van der Waals surface area contributed by atoms with E-state index in [-0.39, 0.29) is 11.9 Å². The normalized spacial score (nSPS) is 23.8. The van der Waals surface area contributed by atoms with E-state index in [1.807, 2.05) is 24.3 Å². The molecule has 2 aliphatic rings. The van der Waals surface area contributed by atoms with Crippen LogP contribution in [-0.4, -0.2) is 45.2 Å². The second kappa shape index (κ2) is 6.87. The summed E-state index contributed by atoms with van der Waals surface area (Å²) in [5.41, 5.74) is 4.00. The first kappa shape index (κ1) is 17.1. The molecule has 2 saturated heterocycles. The predicted molar refractivity (Wildman–Crippen MR) is 106 cm³/mol. The molecular formula is C22H23N5O. The van der Waals surface area contributed by atoms with Crippen LogP contribution >= 0.6 is 0 Å². The molecule has 142 valence electrons. The Balaban J connectivity index is 1.57. The third kappa shape index (κ3) is 2.72. The molecule has 1 amide bonds. The lowest BCUT2D eigenvalue weighted by Gasteiger charge is -2.30. The van der Waals surface area contributed by atoms with Crippen LogP contribution in [0.1, 0.15) is 27.5 Å². The smallest absolute Gasteiger partial charge is 0.256 e. The molecule has 0 spiro atoms.